The van der Waals surface area contributed by atoms with E-state index >= 15 is 0 Å². The molecule has 0 aromatic heterocycles. The maximum absolute atomic E-state index is 13.3. The first-order valence-electron chi connectivity index (χ1n) is 10.2. The fourth-order valence-corrected chi connectivity index (χ4v) is 26.6. The van der Waals surface area contributed by atoms with Gasteiger partial charge in [-0.1, -0.05) is 0 Å². The molecule has 0 heterocycles. The summed E-state index contributed by atoms with van der Waals surface area (Å²) in [5.74, 6) is 0.824. The van der Waals surface area contributed by atoms with Crippen LogP contribution in [0.15, 0.2) is 29.2 Å². The second-order valence-corrected chi connectivity index (χ2v) is 23.9. The Morgan fingerprint density at radius 1 is 0.880 bits per heavy atom. The van der Waals surface area contributed by atoms with E-state index in [1.165, 1.54) is 51.8 Å². The van der Waals surface area contributed by atoms with Gasteiger partial charge in [-0.25, -0.2) is 0 Å². The van der Waals surface area contributed by atoms with Crippen molar-refractivity contribution in [2.24, 2.45) is 0 Å². The van der Waals surface area contributed by atoms with Gasteiger partial charge in [-0.3, -0.25) is 0 Å². The van der Waals surface area contributed by atoms with Gasteiger partial charge in [-0.05, 0) is 0 Å². The molecule has 0 saturated carbocycles. The van der Waals surface area contributed by atoms with Crippen molar-refractivity contribution in [1.82, 2.24) is 0 Å². The third kappa shape index (κ3) is 8.02. The average molecular weight is 473 g/mol. The normalized spacial score (nSPS) is 13.0. The Morgan fingerprint density at radius 2 is 1.40 bits per heavy atom. The number of hydrogen-bond donors (Lipinski definition) is 0. The van der Waals surface area contributed by atoms with Crippen molar-refractivity contribution in [3.8, 4) is 5.75 Å². The van der Waals surface area contributed by atoms with Gasteiger partial charge in [-0.2, -0.15) is 0 Å². The Kier molecular flexibility index (Phi) is 12.1. The minimum atomic E-state index is -2.39. The van der Waals surface area contributed by atoms with Crippen molar-refractivity contribution in [3.63, 3.8) is 0 Å². The van der Waals surface area contributed by atoms with Crippen LogP contribution in [0.2, 0.25) is 13.3 Å². The first kappa shape index (κ1) is 23.0. The first-order chi connectivity index (χ1) is 12.1. The van der Waals surface area contributed by atoms with Crippen LogP contribution in [0.4, 0.5) is 0 Å². The summed E-state index contributed by atoms with van der Waals surface area (Å²) in [5.41, 5.74) is 0. The van der Waals surface area contributed by atoms with E-state index in [-0.39, 0.29) is 0 Å². The Balaban J connectivity index is 3.02. The second-order valence-electron chi connectivity index (χ2n) is 7.18. The third-order valence-corrected chi connectivity index (χ3v) is 26.3. The van der Waals surface area contributed by atoms with Crippen LogP contribution in [0.1, 0.15) is 66.2 Å². The molecule has 0 fully saturated rings. The molecule has 0 aliphatic heterocycles. The summed E-state index contributed by atoms with van der Waals surface area (Å²) >= 11 is -2.39. The van der Waals surface area contributed by atoms with Crippen molar-refractivity contribution in [1.29, 1.82) is 0 Å². The Labute approximate surface area is 162 Å². The molecule has 0 aliphatic rings. The molecule has 0 N–H and O–H groups in total. The molecule has 25 heavy (non-hydrogen) atoms. The van der Waals surface area contributed by atoms with E-state index in [9.17, 15) is 4.21 Å². The van der Waals surface area contributed by atoms with Gasteiger partial charge >= 0.3 is 163 Å². The second kappa shape index (κ2) is 13.2. The SMILES string of the molecule is CCC[CH2][Sn]([CH2]CCC)([CH2]CCC)[CH2]S(=O)c1ccccc1OCC. The summed E-state index contributed by atoms with van der Waals surface area (Å²) in [7, 11) is -0.908. The average Bonchev–Trinajstić information content (AvgIpc) is 2.63. The summed E-state index contributed by atoms with van der Waals surface area (Å²) in [5, 5.41) is 0. The van der Waals surface area contributed by atoms with Gasteiger partial charge in [-0.15, -0.1) is 0 Å². The number of para-hydroxylation sites is 1. The third-order valence-electron chi connectivity index (χ3n) is 5.01. The molecule has 4 heteroatoms. The molecule has 1 atom stereocenters. The predicted octanol–water partition coefficient (Wildman–Crippen LogP) is 6.58. The van der Waals surface area contributed by atoms with Crippen molar-refractivity contribution in [2.45, 2.75) is 84.4 Å². The molecule has 144 valence electrons. The van der Waals surface area contributed by atoms with Gasteiger partial charge in [0.05, 0.1) is 0 Å². The van der Waals surface area contributed by atoms with Crippen molar-refractivity contribution in [2.75, 3.05) is 10.4 Å². The fraction of sp³-hybridized carbons (Fsp3) is 0.714. The number of benzene rings is 1. The number of rotatable bonds is 14. The van der Waals surface area contributed by atoms with Crippen LogP contribution in [-0.2, 0) is 10.8 Å². The van der Waals surface area contributed by atoms with Crippen molar-refractivity contribution >= 4 is 29.2 Å². The van der Waals surface area contributed by atoms with E-state index in [0.717, 1.165) is 14.4 Å². The minimum absolute atomic E-state index is 0.629. The van der Waals surface area contributed by atoms with E-state index in [0.29, 0.717) is 6.61 Å². The Hall–Kier alpha value is -0.0313. The summed E-state index contributed by atoms with van der Waals surface area (Å²) in [4.78, 5) is 0.926. The standard InChI is InChI=1S/C9H11O2S.3C4H9.Sn/c1-3-11-8-6-4-5-7-9(8)12(2)10;3*1-3-4-2;/h4-7H,2-3H2,1H3;3*1,3-4H2,2H3;. The molecule has 1 aromatic rings. The van der Waals surface area contributed by atoms with E-state index in [4.69, 9.17) is 4.74 Å². The van der Waals surface area contributed by atoms with Gasteiger partial charge in [0.2, 0.25) is 0 Å². The first-order valence-corrected chi connectivity index (χ1v) is 19.6. The molecule has 0 aliphatic carbocycles. The molecule has 1 unspecified atom stereocenters. The van der Waals surface area contributed by atoms with E-state index in [1.54, 1.807) is 0 Å². The molecular weight excluding hydrogens is 435 g/mol. The molecule has 1 aromatic carbocycles. The van der Waals surface area contributed by atoms with Crippen LogP contribution in [0.25, 0.3) is 0 Å². The zero-order chi connectivity index (χ0) is 18.5. The van der Waals surface area contributed by atoms with Gasteiger partial charge in [0.1, 0.15) is 0 Å². The van der Waals surface area contributed by atoms with Crippen LogP contribution in [0, 0.1) is 0 Å². The summed E-state index contributed by atoms with van der Waals surface area (Å²) in [6.45, 7) is 9.49. The van der Waals surface area contributed by atoms with Crippen LogP contribution in [0.5, 0.6) is 5.75 Å². The summed E-state index contributed by atoms with van der Waals surface area (Å²) in [6.07, 6.45) is 7.77. The molecule has 0 bridgehead atoms. The van der Waals surface area contributed by atoms with Gasteiger partial charge < -0.3 is 0 Å². The van der Waals surface area contributed by atoms with Gasteiger partial charge in [0, 0.05) is 0 Å². The summed E-state index contributed by atoms with van der Waals surface area (Å²) in [6, 6.07) is 7.96. The van der Waals surface area contributed by atoms with Crippen LogP contribution < -0.4 is 4.74 Å². The fourth-order valence-electron chi connectivity index (χ4n) is 3.52. The number of ether oxygens (including phenoxy) is 1. The molecule has 0 saturated heterocycles. The van der Waals surface area contributed by atoms with Crippen LogP contribution >= 0.6 is 0 Å². The van der Waals surface area contributed by atoms with Crippen molar-refractivity contribution < 1.29 is 8.95 Å². The Morgan fingerprint density at radius 3 is 1.88 bits per heavy atom. The molecule has 0 amide bonds. The van der Waals surface area contributed by atoms with Crippen LogP contribution in [-0.4, -0.2) is 33.0 Å². The topological polar surface area (TPSA) is 26.3 Å². The number of hydrogen-bond acceptors (Lipinski definition) is 2. The van der Waals surface area contributed by atoms with E-state index in [1.807, 2.05) is 31.2 Å². The summed E-state index contributed by atoms with van der Waals surface area (Å²) < 4.78 is 24.3. The van der Waals surface area contributed by atoms with Crippen LogP contribution in [0.3, 0.4) is 0 Å². The molecular formula is C21H38O2SSn. The van der Waals surface area contributed by atoms with Gasteiger partial charge in [0.15, 0.2) is 0 Å². The van der Waals surface area contributed by atoms with Crippen molar-refractivity contribution in [3.05, 3.63) is 24.3 Å². The zero-order valence-corrected chi connectivity index (χ0v) is 20.5. The number of unbranched alkanes of at least 4 members (excludes halogenated alkanes) is 3. The monoisotopic (exact) mass is 474 g/mol. The quantitative estimate of drug-likeness (QED) is 0.286. The van der Waals surface area contributed by atoms with Gasteiger partial charge in [0.25, 0.3) is 0 Å². The molecule has 1 rings (SSSR count). The Bertz CT molecular complexity index is 483. The maximum atomic E-state index is 13.3. The molecule has 2 nitrogen and oxygen atoms in total. The van der Waals surface area contributed by atoms with E-state index in [2.05, 4.69) is 20.8 Å². The molecule has 0 radical (unpaired) electrons. The van der Waals surface area contributed by atoms with E-state index < -0.39 is 29.2 Å². The predicted molar refractivity (Wildman–Crippen MR) is 114 cm³/mol. The molecule has 0 spiro atoms. The zero-order valence-electron chi connectivity index (χ0n) is 16.8.